The van der Waals surface area contributed by atoms with Crippen molar-refractivity contribution in [3.63, 3.8) is 0 Å². The molecule has 0 fully saturated rings. The molecule has 5 unspecified atom stereocenters. The van der Waals surface area contributed by atoms with Gasteiger partial charge in [-0.3, -0.25) is 0 Å². The quantitative estimate of drug-likeness (QED) is 0.310. The van der Waals surface area contributed by atoms with Gasteiger partial charge in [0, 0.05) is 0 Å². The highest BCUT2D eigenvalue weighted by Gasteiger charge is 2.22. The highest BCUT2D eigenvalue weighted by Crippen LogP contribution is 2.31. The van der Waals surface area contributed by atoms with E-state index < -0.39 is 0 Å². The number of rotatable bonds is 12. The van der Waals surface area contributed by atoms with Crippen molar-refractivity contribution in [2.45, 2.75) is 94.9 Å². The first-order valence-electron chi connectivity index (χ1n) is 11.0. The van der Waals surface area contributed by atoms with Crippen molar-refractivity contribution < 1.29 is 0 Å². The smallest absolute Gasteiger partial charge is 0.0230 e. The molecule has 0 spiro atoms. The van der Waals surface area contributed by atoms with Gasteiger partial charge in [-0.15, -0.1) is 0 Å². The van der Waals surface area contributed by atoms with E-state index in [4.69, 9.17) is 0 Å². The zero-order chi connectivity index (χ0) is 19.6. The van der Waals surface area contributed by atoms with Crippen LogP contribution in [0.2, 0.25) is 0 Å². The first-order valence-corrected chi connectivity index (χ1v) is 11.0. The molecule has 148 valence electrons. The minimum Gasteiger partial charge on any atom is -0.0816 e. The van der Waals surface area contributed by atoms with Crippen molar-refractivity contribution in [1.29, 1.82) is 0 Å². The highest BCUT2D eigenvalue weighted by molar-refractivity contribution is 5.20. The number of hydrogen-bond acceptors (Lipinski definition) is 0. The summed E-state index contributed by atoms with van der Waals surface area (Å²) in [6.07, 6.45) is 12.3. The third-order valence-electron chi connectivity index (χ3n) is 6.28. The Balaban J connectivity index is 4.90. The molecular formula is C25H48. The molecule has 0 aromatic carbocycles. The predicted molar refractivity (Wildman–Crippen MR) is 117 cm³/mol. The zero-order valence-corrected chi connectivity index (χ0v) is 19.1. The Bertz CT molecular complexity index is 385. The molecule has 0 N–H and O–H groups in total. The van der Waals surface area contributed by atoms with Gasteiger partial charge in [0.15, 0.2) is 0 Å². The maximum Gasteiger partial charge on any atom is -0.0230 e. The van der Waals surface area contributed by atoms with Crippen molar-refractivity contribution >= 4 is 0 Å². The van der Waals surface area contributed by atoms with E-state index in [9.17, 15) is 0 Å². The Morgan fingerprint density at radius 3 is 1.88 bits per heavy atom. The fourth-order valence-corrected chi connectivity index (χ4v) is 4.32. The van der Waals surface area contributed by atoms with E-state index in [1.807, 2.05) is 0 Å². The monoisotopic (exact) mass is 348 g/mol. The van der Waals surface area contributed by atoms with Crippen LogP contribution < -0.4 is 0 Å². The lowest BCUT2D eigenvalue weighted by atomic mass is 9.76. The molecule has 0 saturated heterocycles. The summed E-state index contributed by atoms with van der Waals surface area (Å²) in [6, 6.07) is 0. The maximum atomic E-state index is 2.48. The Hall–Kier alpha value is -0.520. The van der Waals surface area contributed by atoms with E-state index >= 15 is 0 Å². The zero-order valence-electron chi connectivity index (χ0n) is 19.1. The van der Waals surface area contributed by atoms with Crippen LogP contribution in [0, 0.1) is 41.4 Å². The molecule has 0 nitrogen and oxygen atoms in total. The normalized spacial score (nSPS) is 19.4. The van der Waals surface area contributed by atoms with Gasteiger partial charge in [-0.25, -0.2) is 0 Å². The lowest BCUT2D eigenvalue weighted by molar-refractivity contribution is 0.222. The highest BCUT2D eigenvalue weighted by atomic mass is 14.3. The Morgan fingerprint density at radius 2 is 1.44 bits per heavy atom. The van der Waals surface area contributed by atoms with E-state index in [0.717, 1.165) is 41.9 Å². The Kier molecular flexibility index (Phi) is 12.5. The summed E-state index contributed by atoms with van der Waals surface area (Å²) < 4.78 is 0. The topological polar surface area (TPSA) is 0 Å². The van der Waals surface area contributed by atoms with E-state index in [2.05, 4.69) is 87.5 Å². The molecule has 0 heteroatoms. The third kappa shape index (κ3) is 9.66. The van der Waals surface area contributed by atoms with Crippen LogP contribution in [0.1, 0.15) is 94.9 Å². The van der Waals surface area contributed by atoms with Crippen LogP contribution in [0.5, 0.6) is 0 Å². The van der Waals surface area contributed by atoms with Crippen molar-refractivity contribution in [2.75, 3.05) is 0 Å². The lowest BCUT2D eigenvalue weighted by Crippen LogP contribution is -2.22. The largest absolute Gasteiger partial charge is 0.0816 e. The molecule has 25 heavy (non-hydrogen) atoms. The van der Waals surface area contributed by atoms with Gasteiger partial charge in [-0.1, -0.05) is 99.5 Å². The first-order chi connectivity index (χ1) is 11.6. The minimum atomic E-state index is 0.649. The molecule has 0 amide bonds. The Morgan fingerprint density at radius 1 is 0.840 bits per heavy atom. The van der Waals surface area contributed by atoms with Gasteiger partial charge in [0.25, 0.3) is 0 Å². The van der Waals surface area contributed by atoms with Crippen LogP contribution in [0.4, 0.5) is 0 Å². The average molecular weight is 349 g/mol. The van der Waals surface area contributed by atoms with Gasteiger partial charge in [0.05, 0.1) is 0 Å². The van der Waals surface area contributed by atoms with Crippen molar-refractivity contribution in [3.05, 3.63) is 23.8 Å². The third-order valence-corrected chi connectivity index (χ3v) is 6.28. The SMILES string of the molecule is CCC=C(C=CC(C)C(C)C(CC)C(C)C)CC(C)C(C)CC(C)C. The summed E-state index contributed by atoms with van der Waals surface area (Å²) in [5.41, 5.74) is 1.54. The molecule has 0 radical (unpaired) electrons. The van der Waals surface area contributed by atoms with Crippen LogP contribution in [-0.2, 0) is 0 Å². The second-order valence-corrected chi connectivity index (χ2v) is 9.37. The number of allylic oxidation sites excluding steroid dienone is 4. The molecule has 0 rings (SSSR count). The van der Waals surface area contributed by atoms with Crippen LogP contribution in [0.25, 0.3) is 0 Å². The predicted octanol–water partition coefficient (Wildman–Crippen LogP) is 8.54. The summed E-state index contributed by atoms with van der Waals surface area (Å²) in [5.74, 6) is 5.36. The lowest BCUT2D eigenvalue weighted by Gasteiger charge is -2.30. The van der Waals surface area contributed by atoms with Gasteiger partial charge in [-0.2, -0.15) is 0 Å². The summed E-state index contributed by atoms with van der Waals surface area (Å²) in [5, 5.41) is 0. The molecule has 0 aromatic rings. The molecule has 0 aliphatic rings. The maximum absolute atomic E-state index is 2.48. The van der Waals surface area contributed by atoms with Crippen molar-refractivity contribution in [3.8, 4) is 0 Å². The summed E-state index contributed by atoms with van der Waals surface area (Å²) in [7, 11) is 0. The van der Waals surface area contributed by atoms with Crippen LogP contribution >= 0.6 is 0 Å². The summed E-state index contributed by atoms with van der Waals surface area (Å²) in [4.78, 5) is 0. The standard InChI is InChI=1S/C25H48/c1-11-13-24(17-22(9)21(8)16-18(3)4)15-14-20(7)23(10)25(12-2)19(5)6/h13-15,18-23,25H,11-12,16-17H2,1-10H3. The molecule has 0 aromatic heterocycles. The fraction of sp³-hybridized carbons (Fsp3) is 0.840. The molecule has 0 bridgehead atoms. The van der Waals surface area contributed by atoms with Gasteiger partial charge < -0.3 is 0 Å². The number of hydrogen-bond donors (Lipinski definition) is 0. The van der Waals surface area contributed by atoms with Gasteiger partial charge in [0.2, 0.25) is 0 Å². The van der Waals surface area contributed by atoms with E-state index in [1.165, 1.54) is 19.3 Å². The fourth-order valence-electron chi connectivity index (χ4n) is 4.32. The Labute approximate surface area is 160 Å². The van der Waals surface area contributed by atoms with Gasteiger partial charge in [-0.05, 0) is 60.7 Å². The van der Waals surface area contributed by atoms with Crippen LogP contribution in [-0.4, -0.2) is 0 Å². The second-order valence-electron chi connectivity index (χ2n) is 9.37. The molecule has 0 aliphatic carbocycles. The van der Waals surface area contributed by atoms with Crippen LogP contribution in [0.15, 0.2) is 23.8 Å². The van der Waals surface area contributed by atoms with E-state index in [0.29, 0.717) is 5.92 Å². The first kappa shape index (κ1) is 24.5. The summed E-state index contributed by atoms with van der Waals surface area (Å²) >= 11 is 0. The van der Waals surface area contributed by atoms with Gasteiger partial charge >= 0.3 is 0 Å². The summed E-state index contributed by atoms with van der Waals surface area (Å²) in [6.45, 7) is 23.7. The average Bonchev–Trinajstić information content (AvgIpc) is 2.51. The van der Waals surface area contributed by atoms with Crippen LogP contribution in [0.3, 0.4) is 0 Å². The van der Waals surface area contributed by atoms with Gasteiger partial charge in [0.1, 0.15) is 0 Å². The molecule has 0 saturated carbocycles. The second kappa shape index (κ2) is 12.8. The van der Waals surface area contributed by atoms with Crippen molar-refractivity contribution in [2.24, 2.45) is 41.4 Å². The van der Waals surface area contributed by atoms with Crippen molar-refractivity contribution in [1.82, 2.24) is 0 Å². The molecule has 5 atom stereocenters. The van der Waals surface area contributed by atoms with E-state index in [-0.39, 0.29) is 0 Å². The molecule has 0 heterocycles. The van der Waals surface area contributed by atoms with E-state index in [1.54, 1.807) is 5.57 Å². The molecule has 0 aliphatic heterocycles. The molecular weight excluding hydrogens is 300 g/mol. The minimum absolute atomic E-state index is 0.649.